The van der Waals surface area contributed by atoms with E-state index in [0.717, 1.165) is 34.6 Å². The number of hydrogen-bond acceptors (Lipinski definition) is 7. The van der Waals surface area contributed by atoms with Crippen molar-refractivity contribution in [2.24, 2.45) is 5.92 Å². The van der Waals surface area contributed by atoms with Crippen molar-refractivity contribution in [3.63, 3.8) is 0 Å². The van der Waals surface area contributed by atoms with Crippen LogP contribution in [-0.2, 0) is 19.4 Å². The predicted octanol–water partition coefficient (Wildman–Crippen LogP) is 2.97. The van der Waals surface area contributed by atoms with E-state index in [-0.39, 0.29) is 10.8 Å². The van der Waals surface area contributed by atoms with Crippen LogP contribution in [0.1, 0.15) is 48.7 Å². The minimum absolute atomic E-state index is 0.0189. The first-order chi connectivity index (χ1) is 12.1. The highest BCUT2D eigenvalue weighted by molar-refractivity contribution is 7.99. The molecule has 0 spiro atoms. The molecule has 1 aliphatic carbocycles. The summed E-state index contributed by atoms with van der Waals surface area (Å²) in [5, 5.41) is 13.2. The largest absolute Gasteiger partial charge is 0.309 e. The second-order valence-corrected chi connectivity index (χ2v) is 8.91. The van der Waals surface area contributed by atoms with Crippen LogP contribution in [0.15, 0.2) is 9.95 Å². The summed E-state index contributed by atoms with van der Waals surface area (Å²) in [5.74, 6) is 1.36. The molecule has 9 heteroatoms. The molecule has 3 aromatic rings. The molecular formula is C16H20N6OS2. The number of H-pyrrole nitrogens is 1. The number of aromatic amines is 1. The van der Waals surface area contributed by atoms with Crippen molar-refractivity contribution in [2.45, 2.75) is 57.0 Å². The molecule has 0 saturated heterocycles. The lowest BCUT2D eigenvalue weighted by Gasteiger charge is -2.17. The Labute approximate surface area is 153 Å². The van der Waals surface area contributed by atoms with Crippen LogP contribution in [0.4, 0.5) is 0 Å². The number of hydrogen-bond donors (Lipinski definition) is 1. The monoisotopic (exact) mass is 376 g/mol. The smallest absolute Gasteiger partial charge is 0.259 e. The van der Waals surface area contributed by atoms with Crippen molar-refractivity contribution < 1.29 is 0 Å². The van der Waals surface area contributed by atoms with Crippen molar-refractivity contribution in [3.05, 3.63) is 26.6 Å². The van der Waals surface area contributed by atoms with E-state index in [4.69, 9.17) is 4.98 Å². The van der Waals surface area contributed by atoms with E-state index in [1.54, 1.807) is 16.0 Å². The first-order valence-corrected chi connectivity index (χ1v) is 10.2. The topological polar surface area (TPSA) is 89.3 Å². The van der Waals surface area contributed by atoms with Crippen LogP contribution in [0, 0.1) is 5.92 Å². The minimum Gasteiger partial charge on any atom is -0.309 e. The van der Waals surface area contributed by atoms with Crippen molar-refractivity contribution in [2.75, 3.05) is 0 Å². The molecule has 0 radical (unpaired) electrons. The minimum atomic E-state index is -0.0357. The first kappa shape index (κ1) is 16.7. The molecule has 0 amide bonds. The fourth-order valence-corrected chi connectivity index (χ4v) is 5.55. The first-order valence-electron chi connectivity index (χ1n) is 8.54. The fourth-order valence-electron chi connectivity index (χ4n) is 3.25. The molecule has 0 saturated carbocycles. The predicted molar refractivity (Wildman–Crippen MR) is 99.2 cm³/mol. The Hall–Kier alpha value is -1.74. The number of rotatable bonds is 4. The van der Waals surface area contributed by atoms with Gasteiger partial charge in [-0.1, -0.05) is 18.7 Å². The molecule has 2 atom stereocenters. The zero-order valence-corrected chi connectivity index (χ0v) is 16.1. The average Bonchev–Trinajstić information content (AvgIpc) is 3.17. The Morgan fingerprint density at radius 3 is 3.12 bits per heavy atom. The Morgan fingerprint density at radius 2 is 2.32 bits per heavy atom. The van der Waals surface area contributed by atoms with Crippen LogP contribution in [0.5, 0.6) is 0 Å². The molecule has 0 fully saturated rings. The van der Waals surface area contributed by atoms with Crippen molar-refractivity contribution in [3.8, 4) is 0 Å². The van der Waals surface area contributed by atoms with Crippen LogP contribution in [0.3, 0.4) is 0 Å². The van der Waals surface area contributed by atoms with Crippen LogP contribution < -0.4 is 5.56 Å². The number of thiophene rings is 1. The number of aromatic nitrogens is 6. The number of fused-ring (bicyclic) bond motifs is 3. The van der Waals surface area contributed by atoms with Gasteiger partial charge in [0.1, 0.15) is 10.7 Å². The van der Waals surface area contributed by atoms with Gasteiger partial charge in [0.15, 0.2) is 0 Å². The highest BCUT2D eigenvalue weighted by atomic mass is 32.2. The van der Waals surface area contributed by atoms with Crippen LogP contribution in [-0.4, -0.2) is 30.2 Å². The average molecular weight is 377 g/mol. The number of aryl methyl sites for hydroxylation is 2. The molecule has 0 aliphatic heterocycles. The maximum absolute atomic E-state index is 12.7. The summed E-state index contributed by atoms with van der Waals surface area (Å²) in [6, 6.07) is 0. The van der Waals surface area contributed by atoms with E-state index in [1.165, 1.54) is 22.2 Å². The van der Waals surface area contributed by atoms with E-state index >= 15 is 0 Å². The number of thioether (sulfide) groups is 1. The zero-order valence-electron chi connectivity index (χ0n) is 14.4. The maximum atomic E-state index is 12.7. The van der Waals surface area contributed by atoms with Crippen LogP contribution in [0.2, 0.25) is 0 Å². The maximum Gasteiger partial charge on any atom is 0.259 e. The highest BCUT2D eigenvalue weighted by Gasteiger charge is 2.24. The zero-order chi connectivity index (χ0) is 17.6. The third-order valence-electron chi connectivity index (χ3n) is 4.65. The van der Waals surface area contributed by atoms with Gasteiger partial charge < -0.3 is 4.98 Å². The Balaban J connectivity index is 1.70. The second-order valence-electron chi connectivity index (χ2n) is 6.52. The lowest BCUT2D eigenvalue weighted by atomic mass is 9.89. The normalized spacial score (nSPS) is 18.4. The molecule has 25 heavy (non-hydrogen) atoms. The highest BCUT2D eigenvalue weighted by Crippen LogP contribution is 2.37. The Morgan fingerprint density at radius 1 is 1.48 bits per heavy atom. The molecule has 1 N–H and O–H groups in total. The van der Waals surface area contributed by atoms with Gasteiger partial charge >= 0.3 is 0 Å². The fraction of sp³-hybridized carbons (Fsp3) is 0.562. The number of nitrogens with one attached hydrogen (secondary N) is 1. The molecule has 0 aromatic carbocycles. The van der Waals surface area contributed by atoms with Crippen LogP contribution >= 0.6 is 23.1 Å². The lowest BCUT2D eigenvalue weighted by molar-refractivity contribution is 0.509. The van der Waals surface area contributed by atoms with Gasteiger partial charge in [0.05, 0.1) is 10.6 Å². The molecule has 4 rings (SSSR count). The van der Waals surface area contributed by atoms with Gasteiger partial charge in [-0.2, -0.15) is 0 Å². The molecular weight excluding hydrogens is 356 g/mol. The van der Waals surface area contributed by atoms with Gasteiger partial charge in [0.25, 0.3) is 5.56 Å². The lowest BCUT2D eigenvalue weighted by Crippen LogP contribution is -2.15. The van der Waals surface area contributed by atoms with E-state index < -0.39 is 0 Å². The van der Waals surface area contributed by atoms with Gasteiger partial charge in [0.2, 0.25) is 5.16 Å². The van der Waals surface area contributed by atoms with E-state index in [1.807, 2.05) is 13.8 Å². The van der Waals surface area contributed by atoms with E-state index in [0.29, 0.717) is 18.3 Å². The Bertz CT molecular complexity index is 975. The second kappa shape index (κ2) is 6.53. The van der Waals surface area contributed by atoms with Crippen molar-refractivity contribution in [1.82, 2.24) is 30.2 Å². The summed E-state index contributed by atoms with van der Waals surface area (Å²) in [5.41, 5.74) is 1.20. The van der Waals surface area contributed by atoms with Gasteiger partial charge in [-0.3, -0.25) is 4.79 Å². The van der Waals surface area contributed by atoms with Gasteiger partial charge in [0, 0.05) is 11.4 Å². The summed E-state index contributed by atoms with van der Waals surface area (Å²) in [4.78, 5) is 22.6. The van der Waals surface area contributed by atoms with E-state index in [2.05, 4.69) is 27.4 Å². The van der Waals surface area contributed by atoms with Gasteiger partial charge in [-0.15, -0.1) is 16.4 Å². The third kappa shape index (κ3) is 2.99. The van der Waals surface area contributed by atoms with Crippen LogP contribution in [0.25, 0.3) is 10.2 Å². The molecule has 132 valence electrons. The number of tetrazole rings is 1. The van der Waals surface area contributed by atoms with E-state index in [9.17, 15) is 4.79 Å². The Kier molecular flexibility index (Phi) is 4.36. The summed E-state index contributed by atoms with van der Waals surface area (Å²) < 4.78 is 1.74. The summed E-state index contributed by atoms with van der Waals surface area (Å²) >= 11 is 3.18. The SMILES string of the molecule is CCn1nnnc1SC(C)c1nc2sc3c(c2c(=O)[nH]1)CCC(C)C3. The quantitative estimate of drug-likeness (QED) is 0.704. The molecule has 2 unspecified atom stereocenters. The number of nitrogens with zero attached hydrogens (tertiary/aromatic N) is 5. The molecule has 3 heterocycles. The molecule has 7 nitrogen and oxygen atoms in total. The molecule has 1 aliphatic rings. The third-order valence-corrected chi connectivity index (χ3v) is 6.88. The summed E-state index contributed by atoms with van der Waals surface area (Å²) in [7, 11) is 0. The summed E-state index contributed by atoms with van der Waals surface area (Å²) in [6.45, 7) is 6.99. The van der Waals surface area contributed by atoms with Crippen molar-refractivity contribution in [1.29, 1.82) is 0 Å². The molecule has 3 aromatic heterocycles. The molecule has 0 bridgehead atoms. The standard InChI is InChI=1S/C16H20N6OS2/c1-4-22-16(19-20-21-22)24-9(3)13-17-14(23)12-10-6-5-8(2)7-11(10)25-15(12)18-13/h8-9H,4-7H2,1-3H3,(H,17,18,23). The summed E-state index contributed by atoms with van der Waals surface area (Å²) in [6.07, 6.45) is 3.18. The van der Waals surface area contributed by atoms with Gasteiger partial charge in [-0.25, -0.2) is 9.67 Å². The van der Waals surface area contributed by atoms with Crippen molar-refractivity contribution >= 4 is 33.3 Å². The van der Waals surface area contributed by atoms with Gasteiger partial charge in [-0.05, 0) is 55.0 Å².